The molecule has 2 aromatic rings. The Kier molecular flexibility index (Phi) is 4.88. The lowest BCUT2D eigenvalue weighted by atomic mass is 10.1. The van der Waals surface area contributed by atoms with Gasteiger partial charge in [-0.05, 0) is 55.3 Å². The lowest BCUT2D eigenvalue weighted by molar-refractivity contribution is 0.317. The Morgan fingerprint density at radius 2 is 1.90 bits per heavy atom. The van der Waals surface area contributed by atoms with Crippen molar-refractivity contribution in [3.8, 4) is 11.5 Å². The van der Waals surface area contributed by atoms with E-state index in [0.717, 1.165) is 30.0 Å². The largest absolute Gasteiger partial charge is 0.508 e. The van der Waals surface area contributed by atoms with Gasteiger partial charge in [0.1, 0.15) is 11.5 Å². The molecule has 0 spiro atoms. The summed E-state index contributed by atoms with van der Waals surface area (Å²) in [6, 6.07) is 15.4. The molecule has 3 heteroatoms. The average molecular weight is 271 g/mol. The summed E-state index contributed by atoms with van der Waals surface area (Å²) in [4.78, 5) is 0. The van der Waals surface area contributed by atoms with Crippen LogP contribution >= 0.6 is 0 Å². The second-order valence-electron chi connectivity index (χ2n) is 4.83. The van der Waals surface area contributed by atoms with E-state index in [2.05, 4.69) is 19.2 Å². The van der Waals surface area contributed by atoms with Gasteiger partial charge >= 0.3 is 0 Å². The number of benzene rings is 2. The van der Waals surface area contributed by atoms with E-state index in [1.807, 2.05) is 36.4 Å². The highest BCUT2D eigenvalue weighted by molar-refractivity contribution is 5.48. The molecule has 2 N–H and O–H groups in total. The third-order valence-electron chi connectivity index (χ3n) is 3.08. The molecule has 20 heavy (non-hydrogen) atoms. The van der Waals surface area contributed by atoms with Crippen LogP contribution in [0.1, 0.15) is 31.9 Å². The quantitative estimate of drug-likeness (QED) is 0.820. The van der Waals surface area contributed by atoms with Crippen LogP contribution in [0.5, 0.6) is 11.5 Å². The van der Waals surface area contributed by atoms with E-state index in [9.17, 15) is 5.11 Å². The fraction of sp³-hybridized carbons (Fsp3) is 0.294. The summed E-state index contributed by atoms with van der Waals surface area (Å²) in [6.45, 7) is 4.90. The van der Waals surface area contributed by atoms with Gasteiger partial charge in [0.15, 0.2) is 0 Å². The molecule has 1 atom stereocenters. The van der Waals surface area contributed by atoms with Gasteiger partial charge in [-0.2, -0.15) is 0 Å². The summed E-state index contributed by atoms with van der Waals surface area (Å²) < 4.78 is 5.55. The van der Waals surface area contributed by atoms with Gasteiger partial charge in [-0.25, -0.2) is 0 Å². The van der Waals surface area contributed by atoms with Crippen LogP contribution in [0, 0.1) is 0 Å². The van der Waals surface area contributed by atoms with Crippen molar-refractivity contribution in [1.82, 2.24) is 0 Å². The predicted molar refractivity (Wildman–Crippen MR) is 82.4 cm³/mol. The van der Waals surface area contributed by atoms with Gasteiger partial charge in [0.2, 0.25) is 0 Å². The first-order valence-electron chi connectivity index (χ1n) is 6.97. The number of nitrogens with one attached hydrogen (secondary N) is 1. The molecule has 2 rings (SSSR count). The number of phenolic OH excluding ortho intramolecular Hbond substituents is 1. The Bertz CT molecular complexity index is 537. The maximum absolute atomic E-state index is 9.50. The van der Waals surface area contributed by atoms with Crippen molar-refractivity contribution in [2.75, 3.05) is 11.9 Å². The Morgan fingerprint density at radius 3 is 2.55 bits per heavy atom. The highest BCUT2D eigenvalue weighted by Gasteiger charge is 2.06. The molecule has 0 aliphatic rings. The van der Waals surface area contributed by atoms with Crippen LogP contribution in [0.4, 0.5) is 5.69 Å². The lowest BCUT2D eigenvalue weighted by Crippen LogP contribution is -2.06. The third-order valence-corrected chi connectivity index (χ3v) is 3.08. The molecular weight excluding hydrogens is 250 g/mol. The SMILES string of the molecule is CCCOc1ccc(NC(C)c2cccc(O)c2)cc1. The summed E-state index contributed by atoms with van der Waals surface area (Å²) in [7, 11) is 0. The van der Waals surface area contributed by atoms with Crippen LogP contribution in [0.2, 0.25) is 0 Å². The normalized spacial score (nSPS) is 11.9. The van der Waals surface area contributed by atoms with E-state index in [4.69, 9.17) is 4.74 Å². The van der Waals surface area contributed by atoms with Crippen molar-refractivity contribution in [3.63, 3.8) is 0 Å². The molecule has 106 valence electrons. The maximum atomic E-state index is 9.50. The van der Waals surface area contributed by atoms with Gasteiger partial charge < -0.3 is 15.2 Å². The topological polar surface area (TPSA) is 41.5 Å². The second-order valence-corrected chi connectivity index (χ2v) is 4.83. The number of anilines is 1. The standard InChI is InChI=1S/C17H21NO2/c1-3-11-20-17-9-7-15(8-10-17)18-13(2)14-5-4-6-16(19)12-14/h4-10,12-13,18-19H,3,11H2,1-2H3. The first kappa shape index (κ1) is 14.3. The molecule has 2 aromatic carbocycles. The number of hydrogen-bond acceptors (Lipinski definition) is 3. The third kappa shape index (κ3) is 3.92. The minimum Gasteiger partial charge on any atom is -0.508 e. The zero-order valence-corrected chi connectivity index (χ0v) is 12.0. The minimum absolute atomic E-state index is 0.129. The molecule has 0 aliphatic heterocycles. The van der Waals surface area contributed by atoms with Crippen molar-refractivity contribution < 1.29 is 9.84 Å². The summed E-state index contributed by atoms with van der Waals surface area (Å²) >= 11 is 0. The predicted octanol–water partition coefficient (Wildman–Crippen LogP) is 4.35. The second kappa shape index (κ2) is 6.85. The molecule has 3 nitrogen and oxygen atoms in total. The lowest BCUT2D eigenvalue weighted by Gasteiger charge is -2.16. The van der Waals surface area contributed by atoms with Crippen LogP contribution in [-0.2, 0) is 0 Å². The molecule has 1 unspecified atom stereocenters. The van der Waals surface area contributed by atoms with E-state index in [0.29, 0.717) is 5.75 Å². The van der Waals surface area contributed by atoms with Gasteiger partial charge in [-0.3, -0.25) is 0 Å². The Labute approximate surface area is 120 Å². The molecule has 0 saturated carbocycles. The molecule has 0 aromatic heterocycles. The van der Waals surface area contributed by atoms with Crippen LogP contribution in [0.25, 0.3) is 0 Å². The number of rotatable bonds is 6. The number of ether oxygens (including phenoxy) is 1. The summed E-state index contributed by atoms with van der Waals surface area (Å²) in [5.74, 6) is 1.18. The van der Waals surface area contributed by atoms with Gasteiger partial charge in [-0.15, -0.1) is 0 Å². The zero-order chi connectivity index (χ0) is 14.4. The fourth-order valence-corrected chi connectivity index (χ4v) is 1.99. The van der Waals surface area contributed by atoms with E-state index in [1.165, 1.54) is 0 Å². The molecule has 0 saturated heterocycles. The van der Waals surface area contributed by atoms with Crippen LogP contribution < -0.4 is 10.1 Å². The zero-order valence-electron chi connectivity index (χ0n) is 12.0. The van der Waals surface area contributed by atoms with E-state index < -0.39 is 0 Å². The molecule has 0 amide bonds. The van der Waals surface area contributed by atoms with E-state index in [1.54, 1.807) is 12.1 Å². The van der Waals surface area contributed by atoms with Gasteiger partial charge in [0, 0.05) is 11.7 Å². The first-order chi connectivity index (χ1) is 9.69. The van der Waals surface area contributed by atoms with Crippen LogP contribution in [-0.4, -0.2) is 11.7 Å². The molecule has 0 bridgehead atoms. The van der Waals surface area contributed by atoms with Crippen molar-refractivity contribution in [2.45, 2.75) is 26.3 Å². The number of aromatic hydroxyl groups is 1. The molecule has 0 fully saturated rings. The van der Waals surface area contributed by atoms with Gasteiger partial charge in [0.05, 0.1) is 6.61 Å². The van der Waals surface area contributed by atoms with E-state index in [-0.39, 0.29) is 6.04 Å². The van der Waals surface area contributed by atoms with Crippen molar-refractivity contribution in [3.05, 3.63) is 54.1 Å². The van der Waals surface area contributed by atoms with Gasteiger partial charge in [0.25, 0.3) is 0 Å². The van der Waals surface area contributed by atoms with Gasteiger partial charge in [-0.1, -0.05) is 19.1 Å². The average Bonchev–Trinajstić information content (AvgIpc) is 2.46. The van der Waals surface area contributed by atoms with Crippen LogP contribution in [0.3, 0.4) is 0 Å². The molecule has 0 heterocycles. The maximum Gasteiger partial charge on any atom is 0.119 e. The number of hydrogen-bond donors (Lipinski definition) is 2. The van der Waals surface area contributed by atoms with Crippen molar-refractivity contribution in [1.29, 1.82) is 0 Å². The highest BCUT2D eigenvalue weighted by atomic mass is 16.5. The van der Waals surface area contributed by atoms with Crippen molar-refractivity contribution >= 4 is 5.69 Å². The van der Waals surface area contributed by atoms with E-state index >= 15 is 0 Å². The first-order valence-corrected chi connectivity index (χ1v) is 6.97. The monoisotopic (exact) mass is 271 g/mol. The fourth-order valence-electron chi connectivity index (χ4n) is 1.99. The van der Waals surface area contributed by atoms with Crippen LogP contribution in [0.15, 0.2) is 48.5 Å². The molecular formula is C17H21NO2. The summed E-state index contributed by atoms with van der Waals surface area (Å²) in [6.07, 6.45) is 1.01. The number of phenols is 1. The smallest absolute Gasteiger partial charge is 0.119 e. The Balaban J connectivity index is 1.99. The van der Waals surface area contributed by atoms with Crippen molar-refractivity contribution in [2.24, 2.45) is 0 Å². The molecule has 0 aliphatic carbocycles. The minimum atomic E-state index is 0.129. The summed E-state index contributed by atoms with van der Waals surface area (Å²) in [5, 5.41) is 12.9. The Morgan fingerprint density at radius 1 is 1.15 bits per heavy atom. The summed E-state index contributed by atoms with van der Waals surface area (Å²) in [5.41, 5.74) is 2.08. The Hall–Kier alpha value is -2.16. The molecule has 0 radical (unpaired) electrons. The highest BCUT2D eigenvalue weighted by Crippen LogP contribution is 2.23.